The Morgan fingerprint density at radius 2 is 0.450 bits per heavy atom. The maximum atomic E-state index is 14.9. The van der Waals surface area contributed by atoms with E-state index >= 15 is 0 Å². The van der Waals surface area contributed by atoms with Crippen LogP contribution in [-0.2, 0) is 0 Å². The van der Waals surface area contributed by atoms with E-state index in [2.05, 4.69) is 66.0 Å². The summed E-state index contributed by atoms with van der Waals surface area (Å²) in [6.07, 6.45) is 61.0. The molecule has 0 aromatic heterocycles. The third kappa shape index (κ3) is 41.5. The lowest BCUT2D eigenvalue weighted by Crippen LogP contribution is -2.10. The summed E-state index contributed by atoms with van der Waals surface area (Å²) in [5, 5.41) is 6.97. The average Bonchev–Trinajstić information content (AvgIpc) is 0.785. The van der Waals surface area contributed by atoms with Gasteiger partial charge in [-0.25, -0.2) is 0 Å². The minimum Gasteiger partial charge on any atom is -0.490 e. The van der Waals surface area contributed by atoms with Gasteiger partial charge in [-0.05, 0) is 75.6 Å². The Balaban J connectivity index is 2.19. The summed E-state index contributed by atoms with van der Waals surface area (Å²) in [7, 11) is 0. The second-order valence-electron chi connectivity index (χ2n) is 28.0. The largest absolute Gasteiger partial charge is 0.490 e. The Morgan fingerprint density at radius 3 is 0.690 bits per heavy atom. The molecule has 0 radical (unpaired) electrons. The molecule has 0 spiro atoms. The highest BCUT2D eigenvalue weighted by atomic mass is 16.6. The number of unbranched alkanes of at least 4 members (excludes halogenated alkanes) is 40. The standard InChI is InChI=1S/C88H148N2O10/c1-9-17-25-33-41-49-65-93-81-59-57-75(85(97-69-53-45-37-29-21-13-5)87(81)99-71-55-47-39-31-23-15-7)79(91)61-63-89-77-73-83(95-67-51-43-35-27-19-11-3)84(96-68-52-44-36-28-20-12-4)74-78(77)90-64-62-80(92)76-58-60-82(94-66-50-42-34-26-18-10-2)88(100-72-56-48-40-32-24-16-8)86(76)98-70-54-46-38-30-22-14-6/h57-64,73-74,89-90H,9-56,65-72H2,1-8H3/b63-61-,64-62-. The molecule has 0 atom stereocenters. The molecule has 2 N–H and O–H groups in total. The molecule has 12 heteroatoms. The van der Waals surface area contributed by atoms with Crippen molar-refractivity contribution in [1.29, 1.82) is 0 Å². The molecule has 0 saturated carbocycles. The van der Waals surface area contributed by atoms with Crippen molar-refractivity contribution in [1.82, 2.24) is 0 Å². The van der Waals surface area contributed by atoms with Gasteiger partial charge in [0.25, 0.3) is 0 Å². The third-order valence-electron chi connectivity index (χ3n) is 18.7. The van der Waals surface area contributed by atoms with Crippen LogP contribution < -0.4 is 48.5 Å². The van der Waals surface area contributed by atoms with E-state index < -0.39 is 0 Å². The van der Waals surface area contributed by atoms with Gasteiger partial charge in [-0.15, -0.1) is 0 Å². The summed E-state index contributed by atoms with van der Waals surface area (Å²) in [5.41, 5.74) is 2.09. The van der Waals surface area contributed by atoms with Crippen molar-refractivity contribution in [2.75, 3.05) is 63.5 Å². The number of allylic oxidation sites excluding steroid dienone is 2. The summed E-state index contributed by atoms with van der Waals surface area (Å²) in [5.74, 6) is 3.87. The van der Waals surface area contributed by atoms with Gasteiger partial charge in [0.15, 0.2) is 46.1 Å². The van der Waals surface area contributed by atoms with Gasteiger partial charge in [0.2, 0.25) is 11.5 Å². The van der Waals surface area contributed by atoms with E-state index in [-0.39, 0.29) is 11.6 Å². The van der Waals surface area contributed by atoms with E-state index in [9.17, 15) is 9.59 Å². The maximum Gasteiger partial charge on any atom is 0.204 e. The third-order valence-corrected chi connectivity index (χ3v) is 18.7. The predicted molar refractivity (Wildman–Crippen MR) is 424 cm³/mol. The van der Waals surface area contributed by atoms with Crippen molar-refractivity contribution in [3.8, 4) is 46.0 Å². The molecule has 3 rings (SSSR count). The van der Waals surface area contributed by atoms with E-state index in [4.69, 9.17) is 37.9 Å². The number of ketones is 2. The van der Waals surface area contributed by atoms with E-state index in [0.717, 1.165) is 116 Å². The Hall–Kier alpha value is -5.52. The zero-order valence-corrected chi connectivity index (χ0v) is 65.5. The van der Waals surface area contributed by atoms with Crippen LogP contribution in [0.5, 0.6) is 46.0 Å². The van der Waals surface area contributed by atoms with Gasteiger partial charge in [0, 0.05) is 36.7 Å². The van der Waals surface area contributed by atoms with E-state index in [1.54, 1.807) is 24.6 Å². The predicted octanol–water partition coefficient (Wildman–Crippen LogP) is 27.2. The number of nitrogens with one attached hydrogen (secondary N) is 2. The monoisotopic (exact) mass is 1390 g/mol. The summed E-state index contributed by atoms with van der Waals surface area (Å²) in [6, 6.07) is 11.4. The van der Waals surface area contributed by atoms with Crippen LogP contribution in [0.3, 0.4) is 0 Å². The minimum absolute atomic E-state index is 0.237. The van der Waals surface area contributed by atoms with Crippen molar-refractivity contribution >= 4 is 22.9 Å². The number of hydrogen-bond donors (Lipinski definition) is 2. The zero-order chi connectivity index (χ0) is 71.8. The number of ether oxygens (including phenoxy) is 8. The lowest BCUT2D eigenvalue weighted by Gasteiger charge is -2.20. The summed E-state index contributed by atoms with van der Waals surface area (Å²) in [6.45, 7) is 22.1. The highest BCUT2D eigenvalue weighted by Crippen LogP contribution is 2.44. The van der Waals surface area contributed by atoms with Crippen molar-refractivity contribution in [3.63, 3.8) is 0 Å². The molecule has 0 aliphatic heterocycles. The van der Waals surface area contributed by atoms with Gasteiger partial charge in [-0.3, -0.25) is 9.59 Å². The molecule has 0 bridgehead atoms. The molecule has 100 heavy (non-hydrogen) atoms. The Bertz CT molecular complexity index is 2360. The smallest absolute Gasteiger partial charge is 0.204 e. The average molecular weight is 1390 g/mol. The van der Waals surface area contributed by atoms with Crippen LogP contribution in [0.25, 0.3) is 0 Å². The minimum atomic E-state index is -0.237. The molecule has 0 aliphatic carbocycles. The highest BCUT2D eigenvalue weighted by molar-refractivity contribution is 6.08. The second kappa shape index (κ2) is 63.2. The quantitative estimate of drug-likeness (QED) is 0.0317. The molecule has 3 aromatic rings. The van der Waals surface area contributed by atoms with Crippen LogP contribution in [0.4, 0.5) is 11.4 Å². The first kappa shape index (κ1) is 88.7. The molecule has 0 fully saturated rings. The molecule has 3 aromatic carbocycles. The van der Waals surface area contributed by atoms with E-state index in [1.807, 2.05) is 36.4 Å². The number of hydrogen-bond acceptors (Lipinski definition) is 12. The highest BCUT2D eigenvalue weighted by Gasteiger charge is 2.24. The Kier molecular flexibility index (Phi) is 56.0. The van der Waals surface area contributed by atoms with Crippen molar-refractivity contribution < 1.29 is 47.5 Å². The SMILES string of the molecule is CCCCCCCCOc1cc(N/C=C\C(=O)c2ccc(OCCCCCCCC)c(OCCCCCCCC)c2OCCCCCCCC)c(N/C=C\C(=O)c2ccc(OCCCCCCCC)c(OCCCCCCCC)c2OCCCCCCCC)cc1OCCCCCCCC. The molecular weight excluding hydrogens is 1240 g/mol. The van der Waals surface area contributed by atoms with Crippen LogP contribution in [0.1, 0.15) is 384 Å². The van der Waals surface area contributed by atoms with E-state index in [0.29, 0.717) is 121 Å². The Morgan fingerprint density at radius 1 is 0.250 bits per heavy atom. The molecule has 570 valence electrons. The number of benzene rings is 3. The first-order chi connectivity index (χ1) is 49.3. The molecular formula is C88H148N2O10. The van der Waals surface area contributed by atoms with Gasteiger partial charge in [0.1, 0.15) is 0 Å². The van der Waals surface area contributed by atoms with Gasteiger partial charge in [0.05, 0.1) is 75.4 Å². The van der Waals surface area contributed by atoms with Crippen molar-refractivity contribution in [3.05, 3.63) is 72.1 Å². The molecule has 0 aliphatic rings. The van der Waals surface area contributed by atoms with Crippen LogP contribution >= 0.6 is 0 Å². The van der Waals surface area contributed by atoms with Gasteiger partial charge >= 0.3 is 0 Å². The molecule has 12 nitrogen and oxygen atoms in total. The van der Waals surface area contributed by atoms with Crippen molar-refractivity contribution in [2.24, 2.45) is 0 Å². The van der Waals surface area contributed by atoms with Gasteiger partial charge in [-0.1, -0.05) is 312 Å². The molecule has 0 amide bonds. The van der Waals surface area contributed by atoms with Crippen LogP contribution in [0, 0.1) is 0 Å². The second-order valence-corrected chi connectivity index (χ2v) is 28.0. The zero-order valence-electron chi connectivity index (χ0n) is 65.5. The van der Waals surface area contributed by atoms with Gasteiger partial charge < -0.3 is 48.5 Å². The molecule has 0 unspecified atom stereocenters. The van der Waals surface area contributed by atoms with E-state index in [1.165, 1.54) is 193 Å². The molecule has 0 saturated heterocycles. The van der Waals surface area contributed by atoms with Crippen LogP contribution in [0.2, 0.25) is 0 Å². The van der Waals surface area contributed by atoms with Crippen molar-refractivity contribution in [2.45, 2.75) is 364 Å². The molecule has 0 heterocycles. The normalized spacial score (nSPS) is 11.4. The first-order valence-electron chi connectivity index (χ1n) is 41.8. The summed E-state index contributed by atoms with van der Waals surface area (Å²) in [4.78, 5) is 29.8. The van der Waals surface area contributed by atoms with Crippen LogP contribution in [-0.4, -0.2) is 64.4 Å². The number of anilines is 2. The first-order valence-corrected chi connectivity index (χ1v) is 41.8. The van der Waals surface area contributed by atoms with Gasteiger partial charge in [-0.2, -0.15) is 0 Å². The number of carbonyl (C=O) groups excluding carboxylic acids is 2. The number of carbonyl (C=O) groups is 2. The summed E-state index contributed by atoms with van der Waals surface area (Å²) >= 11 is 0. The fourth-order valence-corrected chi connectivity index (χ4v) is 12.4. The fraction of sp³-hybridized carbons (Fsp3) is 0.727. The Labute approximate surface area is 612 Å². The lowest BCUT2D eigenvalue weighted by atomic mass is 10.1. The fourth-order valence-electron chi connectivity index (χ4n) is 12.4. The van der Waals surface area contributed by atoms with Crippen LogP contribution in [0.15, 0.2) is 61.0 Å². The maximum absolute atomic E-state index is 14.9. The topological polar surface area (TPSA) is 132 Å². The lowest BCUT2D eigenvalue weighted by molar-refractivity contribution is 0.103. The number of rotatable bonds is 72. The summed E-state index contributed by atoms with van der Waals surface area (Å²) < 4.78 is 53.2.